The van der Waals surface area contributed by atoms with Crippen LogP contribution in [0.2, 0.25) is 5.28 Å². The summed E-state index contributed by atoms with van der Waals surface area (Å²) in [6.07, 6.45) is 0. The first-order chi connectivity index (χ1) is 58.1. The number of methoxy groups -OCH3 is 10. The van der Waals surface area contributed by atoms with Crippen LogP contribution in [0.4, 0.5) is 0 Å². The Hall–Kier alpha value is -15.1. The summed E-state index contributed by atoms with van der Waals surface area (Å²) in [6, 6.07) is 67.3. The number of hydrogen-bond acceptors (Lipinski definition) is 22. The zero-order valence-electron chi connectivity index (χ0n) is 68.7. The Balaban J connectivity index is 0.000000147. The molecular formula is C97H86ClN11O11. The van der Waals surface area contributed by atoms with Gasteiger partial charge >= 0.3 is 0 Å². The molecule has 5 aromatic heterocycles. The number of aliphatic hydroxyl groups is 1. The molecule has 120 heavy (non-hydrogen) atoms. The monoisotopic (exact) mass is 1620 g/mol. The van der Waals surface area contributed by atoms with Crippen LogP contribution in [0.15, 0.2) is 239 Å². The first-order valence-corrected chi connectivity index (χ1v) is 37.6. The lowest BCUT2D eigenvalue weighted by atomic mass is 9.98. The Bertz CT molecular complexity index is 6290. The number of hydrogen-bond donors (Lipinski definition) is 1. The number of aromatic nitrogens is 10. The molecule has 0 aliphatic rings. The second-order valence-corrected chi connectivity index (χ2v) is 26.6. The number of para-hydroxylation sites is 5. The van der Waals surface area contributed by atoms with Gasteiger partial charge in [0.2, 0.25) is 22.6 Å². The molecule has 602 valence electrons. The number of aryl methyl sites for hydroxylation is 3. The third-order valence-electron chi connectivity index (χ3n) is 18.9. The number of benzene rings is 10. The van der Waals surface area contributed by atoms with Crippen molar-refractivity contribution in [3.8, 4) is 75.4 Å². The van der Waals surface area contributed by atoms with Gasteiger partial charge in [-0.25, -0.2) is 49.8 Å². The summed E-state index contributed by atoms with van der Waals surface area (Å²) >= 11 is 6.09. The predicted molar refractivity (Wildman–Crippen MR) is 474 cm³/mol. The number of fused-ring (bicyclic) bond motifs is 5. The zero-order chi connectivity index (χ0) is 85.7. The van der Waals surface area contributed by atoms with Crippen LogP contribution in [0.3, 0.4) is 0 Å². The van der Waals surface area contributed by atoms with Crippen molar-refractivity contribution in [2.24, 2.45) is 0 Å². The molecule has 0 aliphatic heterocycles. The summed E-state index contributed by atoms with van der Waals surface area (Å²) in [6.45, 7) is 26.5. The van der Waals surface area contributed by atoms with Crippen LogP contribution in [0.5, 0.6) is 57.5 Å². The van der Waals surface area contributed by atoms with Gasteiger partial charge in [0.05, 0.1) is 133 Å². The van der Waals surface area contributed by atoms with Crippen LogP contribution < -0.4 is 47.4 Å². The number of aliphatic hydroxyl groups excluding tert-OH is 1. The lowest BCUT2D eigenvalue weighted by molar-refractivity contribution is 0.324. The molecular weight excluding hydrogens is 1530 g/mol. The number of nitriles is 1. The summed E-state index contributed by atoms with van der Waals surface area (Å²) < 4.78 is 53.6. The Morgan fingerprint density at radius 1 is 0.325 bits per heavy atom. The highest BCUT2D eigenvalue weighted by Gasteiger charge is 2.22. The van der Waals surface area contributed by atoms with Crippen LogP contribution in [0, 0.1) is 43.9 Å². The van der Waals surface area contributed by atoms with Gasteiger partial charge in [0.15, 0.2) is 23.0 Å². The van der Waals surface area contributed by atoms with Crippen molar-refractivity contribution in [3.63, 3.8) is 0 Å². The molecule has 0 aliphatic carbocycles. The van der Waals surface area contributed by atoms with Crippen molar-refractivity contribution in [1.29, 1.82) is 5.26 Å². The number of ether oxygens (including phenoxy) is 10. The van der Waals surface area contributed by atoms with Gasteiger partial charge in [-0.3, -0.25) is 0 Å². The molecule has 15 aromatic rings. The highest BCUT2D eigenvalue weighted by molar-refractivity contribution is 6.28. The summed E-state index contributed by atoms with van der Waals surface area (Å²) in [5.74, 6) is 14.0. The van der Waals surface area contributed by atoms with E-state index in [0.717, 1.165) is 145 Å². The van der Waals surface area contributed by atoms with Gasteiger partial charge in [0, 0.05) is 60.9 Å². The van der Waals surface area contributed by atoms with Crippen molar-refractivity contribution < 1.29 is 52.5 Å². The lowest BCUT2D eigenvalue weighted by Crippen LogP contribution is -2.00. The molecule has 22 nitrogen and oxygen atoms in total. The molecule has 0 fully saturated rings. The van der Waals surface area contributed by atoms with Gasteiger partial charge < -0.3 is 52.5 Å². The zero-order valence-corrected chi connectivity index (χ0v) is 69.5. The van der Waals surface area contributed by atoms with Gasteiger partial charge in [0.25, 0.3) is 0 Å². The molecule has 0 radical (unpaired) electrons. The van der Waals surface area contributed by atoms with Crippen molar-refractivity contribution in [2.75, 3.05) is 77.7 Å². The van der Waals surface area contributed by atoms with E-state index in [1.54, 1.807) is 71.1 Å². The van der Waals surface area contributed by atoms with Gasteiger partial charge in [-0.15, -0.1) is 0 Å². The van der Waals surface area contributed by atoms with E-state index in [9.17, 15) is 0 Å². The van der Waals surface area contributed by atoms with Crippen LogP contribution in [0.25, 0.3) is 82.4 Å². The van der Waals surface area contributed by atoms with E-state index >= 15 is 0 Å². The molecule has 0 atom stereocenters. The first-order valence-electron chi connectivity index (χ1n) is 37.2. The van der Waals surface area contributed by atoms with E-state index in [-0.39, 0.29) is 17.7 Å². The van der Waals surface area contributed by atoms with E-state index in [0.29, 0.717) is 74.4 Å². The number of rotatable bonds is 20. The summed E-state index contributed by atoms with van der Waals surface area (Å²) in [5.41, 5.74) is 16.8. The second-order valence-electron chi connectivity index (χ2n) is 26.2. The molecule has 15 rings (SSSR count). The Morgan fingerprint density at radius 3 is 1.01 bits per heavy atom. The van der Waals surface area contributed by atoms with E-state index in [1.807, 2.05) is 233 Å². The van der Waals surface area contributed by atoms with Crippen molar-refractivity contribution >= 4 is 94.0 Å². The lowest BCUT2D eigenvalue weighted by Gasteiger charge is -2.16. The fourth-order valence-corrected chi connectivity index (χ4v) is 13.2. The normalized spacial score (nSPS) is 10.4. The van der Waals surface area contributed by atoms with E-state index in [2.05, 4.69) is 94.6 Å². The minimum Gasteiger partial charge on any atom is -0.497 e. The molecule has 1 N–H and O–H groups in total. The van der Waals surface area contributed by atoms with Crippen LogP contribution in [-0.4, -0.2) is 133 Å². The molecule has 0 spiro atoms. The standard InChI is InChI=1S/C21H18N2O2.C20H20N2O3.C19H17ClN2O3.C19H18N2O2.C18H13N3O/c1-14(16-10-11-20(25-3)17(13-16)7-6-12-24)21-18-8-4-5-9-19(18)22-15(2)23-21;1-12(14-10-17(23-3)20(25-5)18(11-14)24-4)19-15-8-6-7-9-16(15)21-13(2)22-19;1-11(12-9-15(23-2)18(25-4)16(10-12)24-3)17-13-7-5-6-8-14(13)21-19(20)22-17;1-12(14-9-15(22-3)11-16(10-14)23-4)19-17-7-5-6-8-18(17)20-13(2)21-19;1-12(13-7-9-14(22-2)10-8-13)18-15-5-3-4-6-16(15)20-17(11-19)21-18/h4-5,8-11,13,24H,1,12H2,2-3H3;6-11H,1H2,2-5H3;5-10H,1H2,2-4H3;5-11H,1H2,2-4H3;3-10H,1H2,2H3. The summed E-state index contributed by atoms with van der Waals surface area (Å²) in [4.78, 5) is 44.4. The largest absolute Gasteiger partial charge is 0.497 e. The fraction of sp³-hybridized carbons (Fsp3) is 0.144. The second kappa shape index (κ2) is 40.0. The average molecular weight is 1620 g/mol. The highest BCUT2D eigenvalue weighted by atomic mass is 35.5. The van der Waals surface area contributed by atoms with Crippen molar-refractivity contribution in [1.82, 2.24) is 49.8 Å². The minimum atomic E-state index is -0.204. The Kier molecular flexibility index (Phi) is 28.6. The Labute approximate surface area is 701 Å². The third-order valence-corrected chi connectivity index (χ3v) is 19.0. The maximum atomic E-state index is 9.12. The predicted octanol–water partition coefficient (Wildman–Crippen LogP) is 19.3. The molecule has 0 saturated heterocycles. The maximum absolute atomic E-state index is 9.12. The Morgan fingerprint density at radius 2 is 0.650 bits per heavy atom. The van der Waals surface area contributed by atoms with E-state index in [1.165, 1.54) is 0 Å². The highest BCUT2D eigenvalue weighted by Crippen LogP contribution is 2.44. The van der Waals surface area contributed by atoms with Crippen LogP contribution in [-0.2, 0) is 0 Å². The molecule has 0 amide bonds. The maximum Gasteiger partial charge on any atom is 0.233 e. The minimum absolute atomic E-state index is 0.142. The average Bonchev–Trinajstić information content (AvgIpc) is 0.806. The van der Waals surface area contributed by atoms with Gasteiger partial charge in [0.1, 0.15) is 53.1 Å². The van der Waals surface area contributed by atoms with E-state index < -0.39 is 0 Å². The summed E-state index contributed by atoms with van der Waals surface area (Å²) in [7, 11) is 15.9. The SMILES string of the molecule is C=C(c1cc(OC)c(OC)c(OC)c1)c1nc(C)nc2ccccc12.C=C(c1cc(OC)c(OC)c(OC)c1)c1nc(Cl)nc2ccccc12.C=C(c1cc(OC)cc(OC)c1)c1nc(C)nc2ccccc12.C=C(c1ccc(OC)c(C#CCO)c1)c1nc(C)nc2ccccc12.C=C(c1ccc(OC)cc1)c1nc(C#N)nc2ccccc12. The van der Waals surface area contributed by atoms with Crippen LogP contribution >= 0.6 is 11.6 Å². The molecule has 5 heterocycles. The molecule has 0 unspecified atom stereocenters. The third kappa shape index (κ3) is 19.7. The molecule has 0 bridgehead atoms. The van der Waals surface area contributed by atoms with Gasteiger partial charge in [-0.2, -0.15) is 5.26 Å². The van der Waals surface area contributed by atoms with Crippen LogP contribution in [0.1, 0.15) is 85.1 Å². The molecule has 10 aromatic carbocycles. The smallest absolute Gasteiger partial charge is 0.233 e. The fourth-order valence-electron chi connectivity index (χ4n) is 13.0. The van der Waals surface area contributed by atoms with Crippen molar-refractivity contribution in [2.45, 2.75) is 20.8 Å². The topological polar surface area (TPSA) is 265 Å². The summed E-state index contributed by atoms with van der Waals surface area (Å²) in [5, 5.41) is 22.9. The molecule has 0 saturated carbocycles. The van der Waals surface area contributed by atoms with Gasteiger partial charge in [-0.1, -0.05) is 154 Å². The van der Waals surface area contributed by atoms with Crippen molar-refractivity contribution in [3.05, 3.63) is 330 Å². The number of nitrogens with zero attached hydrogens (tertiary/aromatic N) is 11. The first kappa shape index (κ1) is 85.8. The van der Waals surface area contributed by atoms with Gasteiger partial charge in [-0.05, 0) is 151 Å². The number of halogens is 1. The van der Waals surface area contributed by atoms with E-state index in [4.69, 9.17) is 69.3 Å². The molecule has 23 heteroatoms. The quantitative estimate of drug-likeness (QED) is 0.0549.